The molecule has 136 valence electrons. The highest BCUT2D eigenvalue weighted by Crippen LogP contribution is 2.34. The van der Waals surface area contributed by atoms with Crippen molar-refractivity contribution in [2.75, 3.05) is 20.2 Å². The second-order valence-electron chi connectivity index (χ2n) is 5.80. The van der Waals surface area contributed by atoms with Gasteiger partial charge in [-0.15, -0.1) is 12.4 Å². The van der Waals surface area contributed by atoms with Crippen LogP contribution in [0.3, 0.4) is 0 Å². The second-order valence-corrected chi connectivity index (χ2v) is 8.14. The summed E-state index contributed by atoms with van der Waals surface area (Å²) in [4.78, 5) is 0.0680. The number of sulfonamides is 1. The van der Waals surface area contributed by atoms with Gasteiger partial charge in [0.2, 0.25) is 10.0 Å². The maximum absolute atomic E-state index is 13.0. The Balaban J connectivity index is 0.00000225. The Morgan fingerprint density at radius 3 is 2.48 bits per heavy atom. The fourth-order valence-corrected chi connectivity index (χ4v) is 4.95. The van der Waals surface area contributed by atoms with Crippen LogP contribution in [-0.2, 0) is 10.0 Å². The van der Waals surface area contributed by atoms with Gasteiger partial charge in [-0.25, -0.2) is 8.42 Å². The molecule has 2 atom stereocenters. The van der Waals surface area contributed by atoms with Crippen LogP contribution in [0, 0.1) is 0 Å². The van der Waals surface area contributed by atoms with Gasteiger partial charge < -0.3 is 10.5 Å². The maximum atomic E-state index is 13.0. The van der Waals surface area contributed by atoms with Crippen LogP contribution in [0.2, 0.25) is 5.02 Å². The molecule has 8 heteroatoms. The first kappa shape index (κ1) is 20.0. The first-order valence-corrected chi connectivity index (χ1v) is 9.39. The molecule has 0 amide bonds. The summed E-state index contributed by atoms with van der Waals surface area (Å²) in [6, 6.07) is 14.0. The molecule has 1 heterocycles. The SMILES string of the molecule is COc1ccc(Cl)cc1S(=O)(=O)N1C[C@@H](N)[C@H](c2ccccc2)C1.Cl. The van der Waals surface area contributed by atoms with E-state index in [9.17, 15) is 8.42 Å². The topological polar surface area (TPSA) is 72.6 Å². The molecule has 25 heavy (non-hydrogen) atoms. The Kier molecular flexibility index (Phi) is 6.35. The molecule has 1 saturated heterocycles. The summed E-state index contributed by atoms with van der Waals surface area (Å²) >= 11 is 5.98. The Bertz CT molecular complexity index is 831. The minimum Gasteiger partial charge on any atom is -0.495 e. The lowest BCUT2D eigenvalue weighted by Gasteiger charge is -2.18. The van der Waals surface area contributed by atoms with Crippen molar-refractivity contribution in [1.29, 1.82) is 0 Å². The van der Waals surface area contributed by atoms with Gasteiger partial charge in [0.05, 0.1) is 7.11 Å². The number of methoxy groups -OCH3 is 1. The number of rotatable bonds is 4. The quantitative estimate of drug-likeness (QED) is 0.852. The van der Waals surface area contributed by atoms with Crippen molar-refractivity contribution in [3.63, 3.8) is 0 Å². The maximum Gasteiger partial charge on any atom is 0.246 e. The normalized spacial score (nSPS) is 20.9. The Hall–Kier alpha value is -1.31. The molecule has 2 aromatic carbocycles. The lowest BCUT2D eigenvalue weighted by Crippen LogP contribution is -2.32. The molecule has 0 aromatic heterocycles. The van der Waals surface area contributed by atoms with E-state index in [-0.39, 0.29) is 41.6 Å². The van der Waals surface area contributed by atoms with Gasteiger partial charge >= 0.3 is 0 Å². The van der Waals surface area contributed by atoms with Crippen LogP contribution in [0.15, 0.2) is 53.4 Å². The lowest BCUT2D eigenvalue weighted by atomic mass is 9.95. The standard InChI is InChI=1S/C17H19ClN2O3S.ClH/c1-23-16-8-7-13(18)9-17(16)24(21,22)20-10-14(15(19)11-20)12-5-3-2-4-6-12;/h2-9,14-15H,10-11,19H2,1H3;1H/t14-,15+;/m0./s1. The summed E-state index contributed by atoms with van der Waals surface area (Å²) in [5.41, 5.74) is 7.26. The largest absolute Gasteiger partial charge is 0.495 e. The Morgan fingerprint density at radius 2 is 1.84 bits per heavy atom. The number of nitrogens with two attached hydrogens (primary N) is 1. The predicted octanol–water partition coefficient (Wildman–Crippen LogP) is 2.89. The Labute approximate surface area is 159 Å². The summed E-state index contributed by atoms with van der Waals surface area (Å²) in [5, 5.41) is 0.345. The van der Waals surface area contributed by atoms with Gasteiger partial charge in [-0.05, 0) is 23.8 Å². The number of ether oxygens (including phenoxy) is 1. The average Bonchev–Trinajstić information content (AvgIpc) is 2.98. The zero-order valence-corrected chi connectivity index (χ0v) is 16.0. The molecular formula is C17H20Cl2N2O3S. The third-order valence-corrected chi connectivity index (χ3v) is 6.39. The van der Waals surface area contributed by atoms with E-state index in [1.165, 1.54) is 17.5 Å². The first-order chi connectivity index (χ1) is 11.4. The fourth-order valence-electron chi connectivity index (χ4n) is 3.03. The van der Waals surface area contributed by atoms with E-state index in [1.807, 2.05) is 30.3 Å². The molecule has 1 aliphatic rings. The molecule has 0 saturated carbocycles. The highest BCUT2D eigenvalue weighted by Gasteiger charge is 2.39. The molecule has 0 aliphatic carbocycles. The van der Waals surface area contributed by atoms with Crippen molar-refractivity contribution in [2.24, 2.45) is 5.73 Å². The zero-order valence-electron chi connectivity index (χ0n) is 13.6. The number of hydrogen-bond acceptors (Lipinski definition) is 4. The van der Waals surface area contributed by atoms with Crippen molar-refractivity contribution < 1.29 is 13.2 Å². The zero-order chi connectivity index (χ0) is 17.3. The third kappa shape index (κ3) is 3.93. The number of nitrogens with zero attached hydrogens (tertiary/aromatic N) is 1. The van der Waals surface area contributed by atoms with Gasteiger partial charge in [0, 0.05) is 30.1 Å². The van der Waals surface area contributed by atoms with E-state index in [0.717, 1.165) is 5.56 Å². The van der Waals surface area contributed by atoms with Crippen LogP contribution in [-0.4, -0.2) is 39.0 Å². The van der Waals surface area contributed by atoms with Gasteiger partial charge in [-0.3, -0.25) is 0 Å². The van der Waals surface area contributed by atoms with E-state index in [2.05, 4.69) is 0 Å². The van der Waals surface area contributed by atoms with Crippen molar-refractivity contribution in [3.8, 4) is 5.75 Å². The van der Waals surface area contributed by atoms with Crippen LogP contribution < -0.4 is 10.5 Å². The van der Waals surface area contributed by atoms with E-state index in [4.69, 9.17) is 22.1 Å². The van der Waals surface area contributed by atoms with Crippen LogP contribution in [0.1, 0.15) is 11.5 Å². The molecule has 5 nitrogen and oxygen atoms in total. The number of halogens is 2. The molecule has 1 aliphatic heterocycles. The van der Waals surface area contributed by atoms with E-state index in [1.54, 1.807) is 12.1 Å². The number of hydrogen-bond donors (Lipinski definition) is 1. The van der Waals surface area contributed by atoms with Crippen molar-refractivity contribution >= 4 is 34.0 Å². The van der Waals surface area contributed by atoms with E-state index >= 15 is 0 Å². The second kappa shape index (κ2) is 7.93. The van der Waals surface area contributed by atoms with Crippen molar-refractivity contribution in [2.45, 2.75) is 16.9 Å². The van der Waals surface area contributed by atoms with Crippen LogP contribution >= 0.6 is 24.0 Å². The van der Waals surface area contributed by atoms with Crippen LogP contribution in [0.5, 0.6) is 5.75 Å². The summed E-state index contributed by atoms with van der Waals surface area (Å²) in [6.07, 6.45) is 0. The van der Waals surface area contributed by atoms with Gasteiger partial charge in [-0.1, -0.05) is 41.9 Å². The first-order valence-electron chi connectivity index (χ1n) is 7.57. The molecule has 2 N–H and O–H groups in total. The van der Waals surface area contributed by atoms with Crippen LogP contribution in [0.4, 0.5) is 0 Å². The lowest BCUT2D eigenvalue weighted by molar-refractivity contribution is 0.398. The molecule has 0 radical (unpaired) electrons. The molecule has 2 aromatic rings. The highest BCUT2D eigenvalue weighted by atomic mass is 35.5. The van der Waals surface area contributed by atoms with E-state index in [0.29, 0.717) is 11.6 Å². The Morgan fingerprint density at radius 1 is 1.16 bits per heavy atom. The smallest absolute Gasteiger partial charge is 0.246 e. The highest BCUT2D eigenvalue weighted by molar-refractivity contribution is 7.89. The number of benzene rings is 2. The summed E-state index contributed by atoms with van der Waals surface area (Å²) in [7, 11) is -2.30. The molecule has 1 fully saturated rings. The molecule has 0 bridgehead atoms. The van der Waals surface area contributed by atoms with Gasteiger partial charge in [0.25, 0.3) is 0 Å². The summed E-state index contributed by atoms with van der Waals surface area (Å²) in [5.74, 6) is 0.238. The summed E-state index contributed by atoms with van der Waals surface area (Å²) < 4.78 is 32.6. The molecular weight excluding hydrogens is 383 g/mol. The third-order valence-electron chi connectivity index (χ3n) is 4.30. The fraction of sp³-hybridized carbons (Fsp3) is 0.294. The average molecular weight is 403 g/mol. The summed E-state index contributed by atoms with van der Waals surface area (Å²) in [6.45, 7) is 0.598. The van der Waals surface area contributed by atoms with Gasteiger partial charge in [0.15, 0.2) is 0 Å². The van der Waals surface area contributed by atoms with Gasteiger partial charge in [0.1, 0.15) is 10.6 Å². The molecule has 0 unspecified atom stereocenters. The minimum atomic E-state index is -3.73. The van der Waals surface area contributed by atoms with Crippen LogP contribution in [0.25, 0.3) is 0 Å². The predicted molar refractivity (Wildman–Crippen MR) is 101 cm³/mol. The monoisotopic (exact) mass is 402 g/mol. The van der Waals surface area contributed by atoms with E-state index < -0.39 is 10.0 Å². The minimum absolute atomic E-state index is 0. The van der Waals surface area contributed by atoms with Crippen molar-refractivity contribution in [1.82, 2.24) is 4.31 Å². The molecule has 3 rings (SSSR count). The molecule has 0 spiro atoms. The van der Waals surface area contributed by atoms with Gasteiger partial charge in [-0.2, -0.15) is 4.31 Å². The van der Waals surface area contributed by atoms with Crippen molar-refractivity contribution in [3.05, 3.63) is 59.1 Å².